The van der Waals surface area contributed by atoms with Crippen molar-refractivity contribution in [2.45, 2.75) is 39.7 Å². The van der Waals surface area contributed by atoms with Gasteiger partial charge in [-0.1, -0.05) is 13.8 Å². The smallest absolute Gasteiger partial charge is 0.166 e. The van der Waals surface area contributed by atoms with Gasteiger partial charge in [-0.2, -0.15) is 0 Å². The maximum absolute atomic E-state index is 5.25. The summed E-state index contributed by atoms with van der Waals surface area (Å²) in [6.07, 6.45) is 2.65. The summed E-state index contributed by atoms with van der Waals surface area (Å²) in [5.41, 5.74) is 0.496. The molecule has 0 bridgehead atoms. The minimum atomic E-state index is 0.263. The van der Waals surface area contributed by atoms with E-state index in [-0.39, 0.29) is 6.04 Å². The van der Waals surface area contributed by atoms with Crippen LogP contribution in [0.1, 0.15) is 33.6 Å². The van der Waals surface area contributed by atoms with E-state index in [2.05, 4.69) is 31.4 Å². The first-order chi connectivity index (χ1) is 7.50. The van der Waals surface area contributed by atoms with Crippen LogP contribution in [0.15, 0.2) is 0 Å². The highest BCUT2D eigenvalue weighted by Gasteiger charge is 2.45. The third kappa shape index (κ3) is 3.91. The van der Waals surface area contributed by atoms with Crippen LogP contribution >= 0.6 is 12.2 Å². The number of hydrogen-bond donors (Lipinski definition) is 2. The Morgan fingerprint density at radius 2 is 2.00 bits per heavy atom. The quantitative estimate of drug-likeness (QED) is 0.700. The predicted octanol–water partition coefficient (Wildman–Crippen LogP) is 1.92. The number of hydrogen-bond acceptors (Lipinski definition) is 2. The fourth-order valence-corrected chi connectivity index (χ4v) is 2.21. The molecule has 0 radical (unpaired) electrons. The van der Waals surface area contributed by atoms with Gasteiger partial charge in [-0.15, -0.1) is 0 Å². The molecule has 16 heavy (non-hydrogen) atoms. The SMILES string of the molecule is COCC(C)NC(=S)NCC1(C(C)C)CC1. The Morgan fingerprint density at radius 3 is 2.44 bits per heavy atom. The molecule has 0 aromatic carbocycles. The van der Waals surface area contributed by atoms with Gasteiger partial charge in [0.1, 0.15) is 0 Å². The molecule has 1 unspecified atom stereocenters. The summed E-state index contributed by atoms with van der Waals surface area (Å²) < 4.78 is 5.05. The lowest BCUT2D eigenvalue weighted by Crippen LogP contribution is -2.44. The highest BCUT2D eigenvalue weighted by molar-refractivity contribution is 7.80. The lowest BCUT2D eigenvalue weighted by atomic mass is 9.92. The van der Waals surface area contributed by atoms with E-state index in [9.17, 15) is 0 Å². The summed E-state index contributed by atoms with van der Waals surface area (Å²) >= 11 is 5.25. The van der Waals surface area contributed by atoms with Gasteiger partial charge in [-0.25, -0.2) is 0 Å². The molecule has 1 aliphatic carbocycles. The molecule has 0 aromatic rings. The lowest BCUT2D eigenvalue weighted by Gasteiger charge is -2.22. The van der Waals surface area contributed by atoms with Crippen molar-refractivity contribution in [2.75, 3.05) is 20.3 Å². The zero-order valence-electron chi connectivity index (χ0n) is 10.8. The van der Waals surface area contributed by atoms with E-state index in [0.717, 1.165) is 17.6 Å². The molecular weight excluding hydrogens is 220 g/mol. The van der Waals surface area contributed by atoms with Crippen molar-refractivity contribution in [3.05, 3.63) is 0 Å². The Morgan fingerprint density at radius 1 is 1.38 bits per heavy atom. The largest absolute Gasteiger partial charge is 0.383 e. The third-order valence-corrected chi connectivity index (χ3v) is 3.77. The normalized spacial score (nSPS) is 19.3. The molecule has 1 rings (SSSR count). The Labute approximate surface area is 104 Å². The molecule has 0 aromatic heterocycles. The maximum Gasteiger partial charge on any atom is 0.166 e. The van der Waals surface area contributed by atoms with E-state index in [0.29, 0.717) is 12.0 Å². The number of nitrogens with one attached hydrogen (secondary N) is 2. The van der Waals surface area contributed by atoms with Crippen LogP contribution in [0.2, 0.25) is 0 Å². The number of ether oxygens (including phenoxy) is 1. The van der Waals surface area contributed by atoms with Gasteiger partial charge in [0.15, 0.2) is 5.11 Å². The Hall–Kier alpha value is -0.350. The highest BCUT2D eigenvalue weighted by atomic mass is 32.1. The average molecular weight is 244 g/mol. The minimum absolute atomic E-state index is 0.263. The number of thiocarbonyl (C=S) groups is 1. The Bertz CT molecular complexity index is 239. The molecular formula is C12H24N2OS. The molecule has 0 heterocycles. The maximum atomic E-state index is 5.25. The van der Waals surface area contributed by atoms with Crippen LogP contribution in [0, 0.1) is 11.3 Å². The summed E-state index contributed by atoms with van der Waals surface area (Å²) in [5, 5.41) is 7.28. The lowest BCUT2D eigenvalue weighted by molar-refractivity contribution is 0.179. The summed E-state index contributed by atoms with van der Waals surface area (Å²) in [6, 6.07) is 0.263. The van der Waals surface area contributed by atoms with E-state index in [1.54, 1.807) is 7.11 Å². The molecule has 1 saturated carbocycles. The second-order valence-electron chi connectivity index (χ2n) is 5.20. The first-order valence-electron chi connectivity index (χ1n) is 6.03. The molecule has 1 aliphatic rings. The van der Waals surface area contributed by atoms with Crippen molar-refractivity contribution in [1.29, 1.82) is 0 Å². The van der Waals surface area contributed by atoms with Gasteiger partial charge in [0.05, 0.1) is 6.61 Å². The molecule has 1 atom stereocenters. The zero-order chi connectivity index (χ0) is 12.2. The van der Waals surface area contributed by atoms with E-state index < -0.39 is 0 Å². The van der Waals surface area contributed by atoms with Gasteiger partial charge >= 0.3 is 0 Å². The van der Waals surface area contributed by atoms with Crippen LogP contribution < -0.4 is 10.6 Å². The molecule has 4 heteroatoms. The fourth-order valence-electron chi connectivity index (χ4n) is 1.94. The number of methoxy groups -OCH3 is 1. The number of rotatable bonds is 6. The minimum Gasteiger partial charge on any atom is -0.383 e. The van der Waals surface area contributed by atoms with Gasteiger partial charge in [-0.3, -0.25) is 0 Å². The van der Waals surface area contributed by atoms with E-state index in [4.69, 9.17) is 17.0 Å². The van der Waals surface area contributed by atoms with Crippen molar-refractivity contribution in [3.63, 3.8) is 0 Å². The molecule has 0 saturated heterocycles. The topological polar surface area (TPSA) is 33.3 Å². The van der Waals surface area contributed by atoms with Crippen molar-refractivity contribution in [2.24, 2.45) is 11.3 Å². The van der Waals surface area contributed by atoms with Crippen LogP contribution in [0.5, 0.6) is 0 Å². The second kappa shape index (κ2) is 5.82. The highest BCUT2D eigenvalue weighted by Crippen LogP contribution is 2.51. The van der Waals surface area contributed by atoms with Crippen LogP contribution in [-0.2, 0) is 4.74 Å². The van der Waals surface area contributed by atoms with Gasteiger partial charge in [0, 0.05) is 19.7 Å². The molecule has 0 aliphatic heterocycles. The van der Waals surface area contributed by atoms with Crippen LogP contribution in [0.3, 0.4) is 0 Å². The van der Waals surface area contributed by atoms with Crippen LogP contribution in [0.4, 0.5) is 0 Å². The van der Waals surface area contributed by atoms with Crippen molar-refractivity contribution < 1.29 is 4.74 Å². The van der Waals surface area contributed by atoms with E-state index in [1.165, 1.54) is 12.8 Å². The summed E-state index contributed by atoms with van der Waals surface area (Å²) in [7, 11) is 1.70. The van der Waals surface area contributed by atoms with Crippen LogP contribution in [0.25, 0.3) is 0 Å². The van der Waals surface area contributed by atoms with Gasteiger partial charge in [-0.05, 0) is 43.3 Å². The molecule has 3 nitrogen and oxygen atoms in total. The zero-order valence-corrected chi connectivity index (χ0v) is 11.6. The monoisotopic (exact) mass is 244 g/mol. The van der Waals surface area contributed by atoms with Crippen molar-refractivity contribution in [3.8, 4) is 0 Å². The Balaban J connectivity index is 2.20. The van der Waals surface area contributed by atoms with Crippen molar-refractivity contribution >= 4 is 17.3 Å². The molecule has 0 amide bonds. The standard InChI is InChI=1S/C12H24N2OS/c1-9(2)12(5-6-12)8-13-11(16)14-10(3)7-15-4/h9-10H,5-8H2,1-4H3,(H2,13,14,16). The first-order valence-corrected chi connectivity index (χ1v) is 6.44. The van der Waals surface area contributed by atoms with Crippen molar-refractivity contribution in [1.82, 2.24) is 10.6 Å². The fraction of sp³-hybridized carbons (Fsp3) is 0.917. The summed E-state index contributed by atoms with van der Waals surface area (Å²) in [5.74, 6) is 0.735. The third-order valence-electron chi connectivity index (χ3n) is 3.51. The first kappa shape index (κ1) is 13.7. The van der Waals surface area contributed by atoms with Gasteiger partial charge < -0.3 is 15.4 Å². The molecule has 0 spiro atoms. The molecule has 1 fully saturated rings. The van der Waals surface area contributed by atoms with E-state index in [1.807, 2.05) is 0 Å². The van der Waals surface area contributed by atoms with Gasteiger partial charge in [0.25, 0.3) is 0 Å². The Kier molecular flexibility index (Phi) is 4.99. The summed E-state index contributed by atoms with van der Waals surface area (Å²) in [6.45, 7) is 8.32. The molecule has 94 valence electrons. The molecule has 2 N–H and O–H groups in total. The van der Waals surface area contributed by atoms with E-state index >= 15 is 0 Å². The second-order valence-corrected chi connectivity index (χ2v) is 5.61. The average Bonchev–Trinajstić information content (AvgIpc) is 2.95. The van der Waals surface area contributed by atoms with Crippen LogP contribution in [-0.4, -0.2) is 31.4 Å². The summed E-state index contributed by atoms with van der Waals surface area (Å²) in [4.78, 5) is 0. The predicted molar refractivity (Wildman–Crippen MR) is 71.6 cm³/mol. The van der Waals surface area contributed by atoms with Gasteiger partial charge in [0.2, 0.25) is 0 Å².